The number of amides is 1. The van der Waals surface area contributed by atoms with Gasteiger partial charge in [0.1, 0.15) is 17.4 Å². The number of aliphatic hydroxyl groups is 1. The zero-order valence-corrected chi connectivity index (χ0v) is 12.0. The summed E-state index contributed by atoms with van der Waals surface area (Å²) in [6.07, 6.45) is 1.92. The number of nitrogens with one attached hydrogen (secondary N) is 1. The van der Waals surface area contributed by atoms with E-state index in [-0.39, 0.29) is 5.69 Å². The van der Waals surface area contributed by atoms with Crippen molar-refractivity contribution in [1.29, 1.82) is 0 Å². The average Bonchev–Trinajstić information content (AvgIpc) is 2.35. The van der Waals surface area contributed by atoms with Gasteiger partial charge < -0.3 is 15.2 Å². The molecule has 0 saturated heterocycles. The van der Waals surface area contributed by atoms with Gasteiger partial charge in [-0.25, -0.2) is 9.78 Å². The van der Waals surface area contributed by atoms with Crippen molar-refractivity contribution in [2.45, 2.75) is 45.4 Å². The van der Waals surface area contributed by atoms with Crippen LogP contribution in [0.5, 0.6) is 0 Å². The quantitative estimate of drug-likeness (QED) is 0.796. The van der Waals surface area contributed by atoms with E-state index in [2.05, 4.69) is 15.3 Å². The fraction of sp³-hybridized carbons (Fsp3) is 0.538. The molecule has 0 aliphatic heterocycles. The number of ketones is 1. The second-order valence-electron chi connectivity index (χ2n) is 5.33. The van der Waals surface area contributed by atoms with Gasteiger partial charge in [0.05, 0.1) is 12.2 Å². The smallest absolute Gasteiger partial charge is 0.407 e. The van der Waals surface area contributed by atoms with Crippen molar-refractivity contribution in [2.24, 2.45) is 0 Å². The Hall–Kier alpha value is -2.02. The van der Waals surface area contributed by atoms with Gasteiger partial charge in [-0.15, -0.1) is 0 Å². The number of carbonyl (C=O) groups is 2. The molecule has 0 aromatic carbocycles. The first-order valence-corrected chi connectivity index (χ1v) is 6.18. The summed E-state index contributed by atoms with van der Waals surface area (Å²) < 4.78 is 5.04. The molecule has 7 heteroatoms. The van der Waals surface area contributed by atoms with Crippen LogP contribution in [0.4, 0.5) is 4.79 Å². The van der Waals surface area contributed by atoms with Crippen LogP contribution in [0.2, 0.25) is 0 Å². The van der Waals surface area contributed by atoms with Gasteiger partial charge in [0.25, 0.3) is 0 Å². The normalized spacial score (nSPS) is 14.2. The summed E-state index contributed by atoms with van der Waals surface area (Å²) in [5.74, 6) is -0.610. The van der Waals surface area contributed by atoms with E-state index in [0.717, 1.165) is 0 Å². The predicted octanol–water partition coefficient (Wildman–Crippen LogP) is 0.933. The third-order valence-electron chi connectivity index (χ3n) is 2.30. The molecule has 1 aromatic rings. The van der Waals surface area contributed by atoms with Gasteiger partial charge in [-0.05, 0) is 27.7 Å². The van der Waals surface area contributed by atoms with Crippen LogP contribution in [0.15, 0.2) is 18.6 Å². The van der Waals surface area contributed by atoms with E-state index in [4.69, 9.17) is 4.74 Å². The van der Waals surface area contributed by atoms with E-state index < -0.39 is 29.6 Å². The lowest BCUT2D eigenvalue weighted by Gasteiger charge is -2.23. The highest BCUT2D eigenvalue weighted by Gasteiger charge is 2.27. The maximum Gasteiger partial charge on any atom is 0.407 e. The van der Waals surface area contributed by atoms with Gasteiger partial charge in [-0.3, -0.25) is 9.78 Å². The Morgan fingerprint density at radius 1 is 1.35 bits per heavy atom. The summed E-state index contributed by atoms with van der Waals surface area (Å²) in [7, 11) is 0. The molecule has 1 rings (SSSR count). The van der Waals surface area contributed by atoms with E-state index >= 15 is 0 Å². The topological polar surface area (TPSA) is 101 Å². The molecule has 0 bridgehead atoms. The Labute approximate surface area is 117 Å². The number of hydrogen-bond donors (Lipinski definition) is 2. The first-order chi connectivity index (χ1) is 9.20. The number of aromatic nitrogens is 2. The SMILES string of the molecule is C[C@H](NC(=O)OC(C)(C)C)[C@@H](O)C(=O)c1cnccn1. The van der Waals surface area contributed by atoms with Crippen molar-refractivity contribution in [3.05, 3.63) is 24.3 Å². The summed E-state index contributed by atoms with van der Waals surface area (Å²) in [5, 5.41) is 12.3. The molecular formula is C13H19N3O4. The maximum absolute atomic E-state index is 11.9. The summed E-state index contributed by atoms with van der Waals surface area (Å²) in [5.41, 5.74) is -0.609. The molecule has 0 fully saturated rings. The highest BCUT2D eigenvalue weighted by molar-refractivity contribution is 5.98. The predicted molar refractivity (Wildman–Crippen MR) is 71.2 cm³/mol. The van der Waals surface area contributed by atoms with E-state index in [1.165, 1.54) is 25.5 Å². The highest BCUT2D eigenvalue weighted by Crippen LogP contribution is 2.08. The van der Waals surface area contributed by atoms with Crippen molar-refractivity contribution < 1.29 is 19.4 Å². The van der Waals surface area contributed by atoms with Crippen molar-refractivity contribution in [3.8, 4) is 0 Å². The molecule has 0 spiro atoms. The number of ether oxygens (including phenoxy) is 1. The number of carbonyl (C=O) groups excluding carboxylic acids is 2. The van der Waals surface area contributed by atoms with Gasteiger partial charge in [0.2, 0.25) is 5.78 Å². The number of aliphatic hydroxyl groups excluding tert-OH is 1. The Balaban J connectivity index is 2.61. The van der Waals surface area contributed by atoms with E-state index in [1.807, 2.05) is 0 Å². The molecule has 1 aromatic heterocycles. The number of Topliss-reactive ketones (excluding diaryl/α,β-unsaturated/α-hetero) is 1. The minimum Gasteiger partial charge on any atom is -0.444 e. The molecule has 20 heavy (non-hydrogen) atoms. The fourth-order valence-electron chi connectivity index (χ4n) is 1.38. The molecule has 0 unspecified atom stereocenters. The van der Waals surface area contributed by atoms with Gasteiger partial charge in [-0.1, -0.05) is 0 Å². The van der Waals surface area contributed by atoms with E-state index in [0.29, 0.717) is 0 Å². The van der Waals surface area contributed by atoms with Crippen LogP contribution < -0.4 is 5.32 Å². The minimum absolute atomic E-state index is 0.0397. The van der Waals surface area contributed by atoms with Crippen molar-refractivity contribution in [2.75, 3.05) is 0 Å². The minimum atomic E-state index is -1.42. The lowest BCUT2D eigenvalue weighted by atomic mass is 10.1. The molecule has 0 saturated carbocycles. The van der Waals surface area contributed by atoms with Crippen LogP contribution in [-0.4, -0.2) is 44.7 Å². The second-order valence-corrected chi connectivity index (χ2v) is 5.33. The molecule has 0 radical (unpaired) electrons. The standard InChI is InChI=1S/C13H19N3O4/c1-8(16-12(19)20-13(2,3)4)10(17)11(18)9-7-14-5-6-15-9/h5-8,10,17H,1-4H3,(H,16,19)/t8-,10+/m0/s1. The van der Waals surface area contributed by atoms with Crippen LogP contribution in [0.1, 0.15) is 38.2 Å². The van der Waals surface area contributed by atoms with Gasteiger partial charge in [0, 0.05) is 12.4 Å². The number of nitrogens with zero attached hydrogens (tertiary/aromatic N) is 2. The van der Waals surface area contributed by atoms with Crippen LogP contribution in [-0.2, 0) is 4.74 Å². The molecule has 1 heterocycles. The lowest BCUT2D eigenvalue weighted by Crippen LogP contribution is -2.46. The molecule has 1 amide bonds. The number of rotatable bonds is 4. The molecule has 0 aliphatic rings. The van der Waals surface area contributed by atoms with Gasteiger partial charge in [-0.2, -0.15) is 0 Å². The third kappa shape index (κ3) is 4.93. The largest absolute Gasteiger partial charge is 0.444 e. The molecule has 2 atom stereocenters. The second kappa shape index (κ2) is 6.42. The van der Waals surface area contributed by atoms with Crippen molar-refractivity contribution in [1.82, 2.24) is 15.3 Å². The summed E-state index contributed by atoms with van der Waals surface area (Å²) in [6.45, 7) is 6.66. The number of alkyl carbamates (subject to hydrolysis) is 1. The first kappa shape index (κ1) is 16.0. The Morgan fingerprint density at radius 2 is 2.00 bits per heavy atom. The molecule has 0 aliphatic carbocycles. The number of hydrogen-bond acceptors (Lipinski definition) is 6. The van der Waals surface area contributed by atoms with Crippen molar-refractivity contribution in [3.63, 3.8) is 0 Å². The maximum atomic E-state index is 11.9. The molecule has 7 nitrogen and oxygen atoms in total. The summed E-state index contributed by atoms with van der Waals surface area (Å²) in [6, 6.07) is -0.806. The third-order valence-corrected chi connectivity index (χ3v) is 2.30. The fourth-order valence-corrected chi connectivity index (χ4v) is 1.38. The van der Waals surface area contributed by atoms with Crippen LogP contribution in [0.3, 0.4) is 0 Å². The van der Waals surface area contributed by atoms with Crippen LogP contribution >= 0.6 is 0 Å². The van der Waals surface area contributed by atoms with Gasteiger partial charge in [0.15, 0.2) is 0 Å². The van der Waals surface area contributed by atoms with E-state index in [1.54, 1.807) is 20.8 Å². The van der Waals surface area contributed by atoms with Crippen molar-refractivity contribution >= 4 is 11.9 Å². The van der Waals surface area contributed by atoms with Crippen LogP contribution in [0.25, 0.3) is 0 Å². The monoisotopic (exact) mass is 281 g/mol. The molecular weight excluding hydrogens is 262 g/mol. The van der Waals surface area contributed by atoms with Gasteiger partial charge >= 0.3 is 6.09 Å². The average molecular weight is 281 g/mol. The summed E-state index contributed by atoms with van der Waals surface area (Å²) >= 11 is 0. The Kier molecular flexibility index (Phi) is 5.15. The zero-order chi connectivity index (χ0) is 15.3. The highest BCUT2D eigenvalue weighted by atomic mass is 16.6. The molecule has 110 valence electrons. The lowest BCUT2D eigenvalue weighted by molar-refractivity contribution is 0.0423. The zero-order valence-electron chi connectivity index (χ0n) is 12.0. The summed E-state index contributed by atoms with van der Waals surface area (Å²) in [4.78, 5) is 31.0. The van der Waals surface area contributed by atoms with E-state index in [9.17, 15) is 14.7 Å². The Bertz CT molecular complexity index is 470. The Morgan fingerprint density at radius 3 is 2.50 bits per heavy atom. The first-order valence-electron chi connectivity index (χ1n) is 6.18. The van der Waals surface area contributed by atoms with Crippen LogP contribution in [0, 0.1) is 0 Å². The molecule has 2 N–H and O–H groups in total.